The first-order valence-corrected chi connectivity index (χ1v) is 8.46. The van der Waals surface area contributed by atoms with Crippen molar-refractivity contribution in [3.05, 3.63) is 18.6 Å². The van der Waals surface area contributed by atoms with Gasteiger partial charge < -0.3 is 15.2 Å². The average molecular weight is 379 g/mol. The fourth-order valence-corrected chi connectivity index (χ4v) is 3.30. The van der Waals surface area contributed by atoms with E-state index in [4.69, 9.17) is 0 Å². The van der Waals surface area contributed by atoms with E-state index < -0.39 is 19.1 Å². The van der Waals surface area contributed by atoms with Gasteiger partial charge in [-0.05, 0) is 12.5 Å². The molecule has 0 bridgehead atoms. The molecule has 142 valence electrons. The molecule has 0 saturated carbocycles. The Morgan fingerprint density at radius 3 is 3.00 bits per heavy atom. The molecule has 0 radical (unpaired) electrons. The standard InChI is InChI=1S/C16H16F3N7O/c17-16(18,19)3-5-21-15(27)9-2-6-26(7-9)14-11-10-1-4-20-12(10)24-25-13(11)22-8-23-14/h1,4,8-9H,2-3,5-7H2,(H,21,27)(H,22,23,25). The van der Waals surface area contributed by atoms with Crippen molar-refractivity contribution in [3.63, 3.8) is 0 Å². The first-order chi connectivity index (χ1) is 12.9. The third-order valence-electron chi connectivity index (χ3n) is 4.61. The topological polar surface area (TPSA) is 99.7 Å². The summed E-state index contributed by atoms with van der Waals surface area (Å²) in [6.07, 6.45) is -1.63. The Morgan fingerprint density at radius 1 is 1.33 bits per heavy atom. The number of anilines is 1. The van der Waals surface area contributed by atoms with E-state index in [0.29, 0.717) is 36.6 Å². The van der Waals surface area contributed by atoms with E-state index >= 15 is 0 Å². The van der Waals surface area contributed by atoms with Crippen molar-refractivity contribution < 1.29 is 18.0 Å². The highest BCUT2D eigenvalue weighted by Crippen LogP contribution is 2.31. The molecule has 2 N–H and O–H groups in total. The van der Waals surface area contributed by atoms with E-state index in [-0.39, 0.29) is 11.8 Å². The molecule has 1 fully saturated rings. The molecule has 0 aromatic carbocycles. The van der Waals surface area contributed by atoms with Crippen molar-refractivity contribution in [1.29, 1.82) is 0 Å². The van der Waals surface area contributed by atoms with Crippen molar-refractivity contribution in [3.8, 4) is 0 Å². The molecule has 11 heteroatoms. The summed E-state index contributed by atoms with van der Waals surface area (Å²) in [4.78, 5) is 25.6. The van der Waals surface area contributed by atoms with Gasteiger partial charge in [-0.3, -0.25) is 4.79 Å². The second-order valence-corrected chi connectivity index (χ2v) is 6.42. The van der Waals surface area contributed by atoms with Gasteiger partial charge in [-0.1, -0.05) is 0 Å². The summed E-state index contributed by atoms with van der Waals surface area (Å²) in [5, 5.41) is 12.1. The first kappa shape index (κ1) is 17.4. The van der Waals surface area contributed by atoms with E-state index in [9.17, 15) is 18.0 Å². The lowest BCUT2D eigenvalue weighted by Gasteiger charge is -2.19. The van der Waals surface area contributed by atoms with Gasteiger partial charge in [0, 0.05) is 31.2 Å². The van der Waals surface area contributed by atoms with E-state index in [1.807, 2.05) is 11.0 Å². The van der Waals surface area contributed by atoms with E-state index in [1.165, 1.54) is 6.33 Å². The fraction of sp³-hybridized carbons (Fsp3) is 0.438. The number of rotatable bonds is 4. The van der Waals surface area contributed by atoms with Crippen LogP contribution in [0.5, 0.6) is 0 Å². The van der Waals surface area contributed by atoms with Gasteiger partial charge in [-0.2, -0.15) is 13.2 Å². The molecule has 1 atom stereocenters. The first-order valence-electron chi connectivity index (χ1n) is 8.46. The van der Waals surface area contributed by atoms with Gasteiger partial charge in [0.2, 0.25) is 5.91 Å². The highest BCUT2D eigenvalue weighted by molar-refractivity contribution is 6.07. The Hall–Kier alpha value is -2.98. The number of aromatic nitrogens is 5. The van der Waals surface area contributed by atoms with Crippen LogP contribution in [0.1, 0.15) is 12.8 Å². The lowest BCUT2D eigenvalue weighted by atomic mass is 10.1. The third-order valence-corrected chi connectivity index (χ3v) is 4.61. The van der Waals surface area contributed by atoms with E-state index in [1.54, 1.807) is 6.20 Å². The van der Waals surface area contributed by atoms with Crippen LogP contribution in [0.4, 0.5) is 19.0 Å². The van der Waals surface area contributed by atoms with Gasteiger partial charge >= 0.3 is 6.18 Å². The van der Waals surface area contributed by atoms with Crippen molar-refractivity contribution in [2.45, 2.75) is 19.0 Å². The van der Waals surface area contributed by atoms with Crippen LogP contribution < -0.4 is 10.2 Å². The normalized spacial score (nSPS) is 17.7. The highest BCUT2D eigenvalue weighted by atomic mass is 19.4. The minimum absolute atomic E-state index is 0.367. The van der Waals surface area contributed by atoms with Gasteiger partial charge in [0.05, 0.1) is 24.1 Å². The van der Waals surface area contributed by atoms with Gasteiger partial charge in [0.15, 0.2) is 11.3 Å². The summed E-state index contributed by atoms with van der Waals surface area (Å²) in [7, 11) is 0. The lowest BCUT2D eigenvalue weighted by molar-refractivity contribution is -0.136. The van der Waals surface area contributed by atoms with E-state index in [2.05, 4.69) is 30.5 Å². The summed E-state index contributed by atoms with van der Waals surface area (Å²) in [6, 6.07) is 1.82. The number of hydrogen-bond acceptors (Lipinski definition) is 6. The molecule has 8 nitrogen and oxygen atoms in total. The van der Waals surface area contributed by atoms with Gasteiger partial charge in [-0.25, -0.2) is 9.97 Å². The molecule has 1 saturated heterocycles. The molecule has 1 unspecified atom stereocenters. The third kappa shape index (κ3) is 3.49. The number of alkyl halides is 3. The summed E-state index contributed by atoms with van der Waals surface area (Å²) in [6.45, 7) is 0.541. The number of aromatic amines is 1. The number of halogens is 3. The van der Waals surface area contributed by atoms with Gasteiger partial charge in [-0.15, -0.1) is 10.2 Å². The minimum atomic E-state index is -4.28. The molecule has 3 aromatic rings. The zero-order valence-electron chi connectivity index (χ0n) is 14.1. The Kier molecular flexibility index (Phi) is 4.28. The molecule has 4 rings (SSSR count). The Morgan fingerprint density at radius 2 is 2.19 bits per heavy atom. The van der Waals surface area contributed by atoms with Crippen LogP contribution in [0.3, 0.4) is 0 Å². The number of H-pyrrole nitrogens is 1. The van der Waals surface area contributed by atoms with Crippen molar-refractivity contribution >= 4 is 33.8 Å². The molecule has 0 spiro atoms. The number of amides is 1. The van der Waals surface area contributed by atoms with Crippen LogP contribution >= 0.6 is 0 Å². The number of fused-ring (bicyclic) bond motifs is 3. The molecule has 27 heavy (non-hydrogen) atoms. The number of carbonyl (C=O) groups is 1. The molecular formula is C16H16F3N7O. The SMILES string of the molecule is O=C(NCCC(F)(F)F)C1CCN(c2nc[nH]c3nnc4nccc4c23)C1. The molecule has 0 aliphatic carbocycles. The number of nitrogens with one attached hydrogen (secondary N) is 2. The quantitative estimate of drug-likeness (QED) is 0.717. The van der Waals surface area contributed by atoms with Crippen LogP contribution in [-0.2, 0) is 4.79 Å². The zero-order chi connectivity index (χ0) is 19.0. The maximum Gasteiger partial charge on any atom is 0.390 e. The second-order valence-electron chi connectivity index (χ2n) is 6.42. The van der Waals surface area contributed by atoms with Crippen LogP contribution in [0, 0.1) is 5.92 Å². The Labute approximate surface area is 151 Å². The monoisotopic (exact) mass is 379 g/mol. The highest BCUT2D eigenvalue weighted by Gasteiger charge is 2.32. The average Bonchev–Trinajstić information content (AvgIpc) is 3.29. The van der Waals surface area contributed by atoms with Crippen LogP contribution in [0.2, 0.25) is 0 Å². The summed E-state index contributed by atoms with van der Waals surface area (Å²) in [5.41, 5.74) is 1.06. The Balaban J connectivity index is 1.52. The van der Waals surface area contributed by atoms with Crippen molar-refractivity contribution in [2.75, 3.05) is 24.5 Å². The van der Waals surface area contributed by atoms with Crippen molar-refractivity contribution in [1.82, 2.24) is 30.5 Å². The maximum absolute atomic E-state index is 12.2. The predicted molar refractivity (Wildman–Crippen MR) is 91.0 cm³/mol. The summed E-state index contributed by atoms with van der Waals surface area (Å²) >= 11 is 0. The lowest BCUT2D eigenvalue weighted by Crippen LogP contribution is -2.35. The van der Waals surface area contributed by atoms with Gasteiger partial charge in [0.1, 0.15) is 5.82 Å². The van der Waals surface area contributed by atoms with Crippen LogP contribution in [0.15, 0.2) is 18.6 Å². The van der Waals surface area contributed by atoms with Crippen LogP contribution in [0.25, 0.3) is 22.1 Å². The van der Waals surface area contributed by atoms with E-state index in [0.717, 1.165) is 10.8 Å². The largest absolute Gasteiger partial charge is 0.390 e. The van der Waals surface area contributed by atoms with Gasteiger partial charge in [0.25, 0.3) is 0 Å². The molecule has 3 aromatic heterocycles. The number of carbonyl (C=O) groups excluding carboxylic acids is 1. The fourth-order valence-electron chi connectivity index (χ4n) is 3.30. The zero-order valence-corrected chi connectivity index (χ0v) is 14.1. The Bertz CT molecular complexity index is 987. The minimum Gasteiger partial charge on any atom is -0.355 e. The predicted octanol–water partition coefficient (Wildman–Crippen LogP) is 1.80. The molecule has 1 aliphatic heterocycles. The molecule has 4 heterocycles. The van der Waals surface area contributed by atoms with Crippen LogP contribution in [-0.4, -0.2) is 56.9 Å². The summed E-state index contributed by atoms with van der Waals surface area (Å²) < 4.78 is 36.7. The second kappa shape index (κ2) is 6.63. The molecule has 1 amide bonds. The molecular weight excluding hydrogens is 363 g/mol. The summed E-state index contributed by atoms with van der Waals surface area (Å²) in [5.74, 6) is -0.0990. The smallest absolute Gasteiger partial charge is 0.355 e. The number of nitrogens with zero attached hydrogens (tertiary/aromatic N) is 5. The van der Waals surface area contributed by atoms with Crippen molar-refractivity contribution in [2.24, 2.45) is 5.92 Å². The maximum atomic E-state index is 12.2. The molecule has 1 aliphatic rings. The number of hydrogen-bond donors (Lipinski definition) is 2.